The number of hydrogen-bond donors (Lipinski definition) is 1. The van der Waals surface area contributed by atoms with Crippen molar-refractivity contribution in [3.05, 3.63) is 24.2 Å². The molecule has 4 heteroatoms. The number of anilines is 1. The molecule has 0 aliphatic heterocycles. The third-order valence-corrected chi connectivity index (χ3v) is 3.73. The summed E-state index contributed by atoms with van der Waals surface area (Å²) in [6, 6.07) is 0. The van der Waals surface area contributed by atoms with Gasteiger partial charge < -0.3 is 5.73 Å². The molecule has 0 aromatic carbocycles. The van der Waals surface area contributed by atoms with Crippen LogP contribution >= 0.6 is 0 Å². The topological polar surface area (TPSA) is 56.2 Å². The molecule has 1 fully saturated rings. The molecule has 0 unspecified atom stereocenters. The van der Waals surface area contributed by atoms with Crippen LogP contribution in [0.4, 0.5) is 5.69 Å². The van der Waals surface area contributed by atoms with Crippen molar-refractivity contribution in [3.8, 4) is 0 Å². The van der Waals surface area contributed by atoms with Crippen molar-refractivity contribution in [1.82, 2.24) is 14.6 Å². The van der Waals surface area contributed by atoms with Crippen LogP contribution in [-0.2, 0) is 0 Å². The Labute approximate surface area is 101 Å². The molecule has 0 bridgehead atoms. The molecule has 4 nitrogen and oxygen atoms in total. The molecule has 1 saturated carbocycles. The molecule has 0 atom stereocenters. The second kappa shape index (κ2) is 4.35. The van der Waals surface area contributed by atoms with Crippen LogP contribution in [0.3, 0.4) is 0 Å². The zero-order valence-corrected chi connectivity index (χ0v) is 9.97. The van der Waals surface area contributed by atoms with Crippen LogP contribution in [0.5, 0.6) is 0 Å². The van der Waals surface area contributed by atoms with Crippen molar-refractivity contribution in [3.63, 3.8) is 0 Å². The molecule has 2 aromatic rings. The van der Waals surface area contributed by atoms with Gasteiger partial charge in [-0.05, 0) is 24.3 Å². The van der Waals surface area contributed by atoms with E-state index in [1.807, 2.05) is 6.20 Å². The Balaban J connectivity index is 1.93. The summed E-state index contributed by atoms with van der Waals surface area (Å²) < 4.78 is 1.80. The maximum absolute atomic E-state index is 5.78. The van der Waals surface area contributed by atoms with Gasteiger partial charge in [0.15, 0.2) is 5.65 Å². The molecule has 2 N–H and O–H groups in total. The molecular formula is C13H18N4. The van der Waals surface area contributed by atoms with Gasteiger partial charge in [-0.3, -0.25) is 0 Å². The smallest absolute Gasteiger partial charge is 0.178 e. The minimum Gasteiger partial charge on any atom is -0.394 e. The molecule has 17 heavy (non-hydrogen) atoms. The number of hydrogen-bond acceptors (Lipinski definition) is 3. The van der Waals surface area contributed by atoms with Crippen molar-refractivity contribution < 1.29 is 0 Å². The number of nitrogens with zero attached hydrogens (tertiary/aromatic N) is 3. The molecule has 2 aromatic heterocycles. The summed E-state index contributed by atoms with van der Waals surface area (Å²) in [6.07, 6.45) is 13.7. The zero-order valence-electron chi connectivity index (χ0n) is 9.97. The number of aromatic nitrogens is 3. The normalized spacial score (nSPS) is 18.4. The maximum Gasteiger partial charge on any atom is 0.178 e. The molecule has 2 heterocycles. The van der Waals surface area contributed by atoms with Crippen LogP contribution in [0.15, 0.2) is 18.6 Å². The van der Waals surface area contributed by atoms with Gasteiger partial charge in [0.25, 0.3) is 0 Å². The van der Waals surface area contributed by atoms with Crippen molar-refractivity contribution in [1.29, 1.82) is 0 Å². The first-order valence-electron chi connectivity index (χ1n) is 6.43. The van der Waals surface area contributed by atoms with Gasteiger partial charge in [0, 0.05) is 12.4 Å². The van der Waals surface area contributed by atoms with Gasteiger partial charge in [-0.2, -0.15) is 5.10 Å². The van der Waals surface area contributed by atoms with E-state index in [0.29, 0.717) is 11.6 Å². The second-order valence-electron chi connectivity index (χ2n) is 4.94. The van der Waals surface area contributed by atoms with Crippen LogP contribution in [0, 0.1) is 0 Å². The zero-order chi connectivity index (χ0) is 11.7. The summed E-state index contributed by atoms with van der Waals surface area (Å²) in [4.78, 5) is 4.42. The van der Waals surface area contributed by atoms with E-state index in [1.54, 1.807) is 10.7 Å². The lowest BCUT2D eigenvalue weighted by Crippen LogP contribution is -2.02. The predicted octanol–water partition coefficient (Wildman–Crippen LogP) is 2.75. The summed E-state index contributed by atoms with van der Waals surface area (Å²) in [5.74, 6) is 0.653. The fourth-order valence-electron chi connectivity index (χ4n) is 2.73. The van der Waals surface area contributed by atoms with Crippen molar-refractivity contribution in [2.45, 2.75) is 44.4 Å². The third-order valence-electron chi connectivity index (χ3n) is 3.73. The van der Waals surface area contributed by atoms with E-state index in [9.17, 15) is 0 Å². The van der Waals surface area contributed by atoms with Gasteiger partial charge in [-0.25, -0.2) is 9.50 Å². The number of fused-ring (bicyclic) bond motifs is 1. The summed E-state index contributed by atoms with van der Waals surface area (Å²) in [5.41, 5.74) is 8.51. The van der Waals surface area contributed by atoms with Gasteiger partial charge in [0.2, 0.25) is 0 Å². The van der Waals surface area contributed by atoms with Crippen LogP contribution in [0.1, 0.15) is 50.0 Å². The Morgan fingerprint density at radius 3 is 2.65 bits per heavy atom. The monoisotopic (exact) mass is 230 g/mol. The van der Waals surface area contributed by atoms with E-state index in [0.717, 1.165) is 5.65 Å². The highest BCUT2D eigenvalue weighted by molar-refractivity contribution is 5.62. The van der Waals surface area contributed by atoms with E-state index in [4.69, 9.17) is 5.73 Å². The first kappa shape index (κ1) is 10.6. The third kappa shape index (κ3) is 1.99. The lowest BCUT2D eigenvalue weighted by molar-refractivity contribution is 0.586. The highest BCUT2D eigenvalue weighted by Crippen LogP contribution is 2.31. The van der Waals surface area contributed by atoms with E-state index in [1.165, 1.54) is 44.1 Å². The molecule has 1 aliphatic carbocycles. The average molecular weight is 230 g/mol. The lowest BCUT2D eigenvalue weighted by Gasteiger charge is -2.13. The predicted molar refractivity (Wildman–Crippen MR) is 67.8 cm³/mol. The van der Waals surface area contributed by atoms with Crippen molar-refractivity contribution >= 4 is 11.3 Å². The summed E-state index contributed by atoms with van der Waals surface area (Å²) in [7, 11) is 0. The van der Waals surface area contributed by atoms with Crippen molar-refractivity contribution in [2.75, 3.05) is 5.73 Å². The van der Waals surface area contributed by atoms with Crippen LogP contribution in [0.2, 0.25) is 0 Å². The summed E-state index contributed by atoms with van der Waals surface area (Å²) >= 11 is 0. The molecule has 0 radical (unpaired) electrons. The SMILES string of the molecule is Nc1cnn2cc(C3CCCCCC3)cnc12. The van der Waals surface area contributed by atoms with Crippen molar-refractivity contribution in [2.24, 2.45) is 0 Å². The van der Waals surface area contributed by atoms with E-state index in [2.05, 4.69) is 16.3 Å². The fraction of sp³-hybridized carbons (Fsp3) is 0.538. The number of rotatable bonds is 1. The van der Waals surface area contributed by atoms with Gasteiger partial charge >= 0.3 is 0 Å². The molecule has 1 aliphatic rings. The highest BCUT2D eigenvalue weighted by Gasteiger charge is 2.15. The highest BCUT2D eigenvalue weighted by atomic mass is 15.2. The summed E-state index contributed by atoms with van der Waals surface area (Å²) in [5, 5.41) is 4.23. The Kier molecular flexibility index (Phi) is 2.71. The standard InChI is InChI=1S/C13H18N4/c14-12-8-16-17-9-11(7-15-13(12)17)10-5-3-1-2-4-6-10/h7-10H,1-6,14H2. The van der Waals surface area contributed by atoms with Gasteiger partial charge in [-0.1, -0.05) is 25.7 Å². The summed E-state index contributed by atoms with van der Waals surface area (Å²) in [6.45, 7) is 0. The molecule has 90 valence electrons. The molecule has 0 amide bonds. The molecule has 3 rings (SSSR count). The van der Waals surface area contributed by atoms with Gasteiger partial charge in [-0.15, -0.1) is 0 Å². The molecule has 0 spiro atoms. The van der Waals surface area contributed by atoms with Gasteiger partial charge in [0.05, 0.1) is 11.9 Å². The number of nitrogen functional groups attached to an aromatic ring is 1. The van der Waals surface area contributed by atoms with E-state index in [-0.39, 0.29) is 0 Å². The quantitative estimate of drug-likeness (QED) is 0.766. The average Bonchev–Trinajstić information content (AvgIpc) is 2.58. The minimum absolute atomic E-state index is 0.650. The minimum atomic E-state index is 0.650. The van der Waals surface area contributed by atoms with E-state index >= 15 is 0 Å². The fourth-order valence-corrected chi connectivity index (χ4v) is 2.73. The number of nitrogens with two attached hydrogens (primary N) is 1. The lowest BCUT2D eigenvalue weighted by atomic mass is 9.94. The molecular weight excluding hydrogens is 212 g/mol. The first-order chi connectivity index (χ1) is 8.34. The molecule has 0 saturated heterocycles. The largest absolute Gasteiger partial charge is 0.394 e. The Morgan fingerprint density at radius 2 is 1.88 bits per heavy atom. The maximum atomic E-state index is 5.78. The van der Waals surface area contributed by atoms with Crippen LogP contribution in [-0.4, -0.2) is 14.6 Å². The first-order valence-corrected chi connectivity index (χ1v) is 6.43. The van der Waals surface area contributed by atoms with Gasteiger partial charge in [0.1, 0.15) is 0 Å². The van der Waals surface area contributed by atoms with Crippen LogP contribution in [0.25, 0.3) is 5.65 Å². The second-order valence-corrected chi connectivity index (χ2v) is 4.94. The Bertz CT molecular complexity index is 509. The Hall–Kier alpha value is -1.58. The van der Waals surface area contributed by atoms with E-state index < -0.39 is 0 Å². The van der Waals surface area contributed by atoms with Crippen LogP contribution < -0.4 is 5.73 Å². The Morgan fingerprint density at radius 1 is 1.12 bits per heavy atom.